The third-order valence-corrected chi connectivity index (χ3v) is 8.39. The Morgan fingerprint density at radius 2 is 1.17 bits per heavy atom. The second kappa shape index (κ2) is 21.4. The summed E-state index contributed by atoms with van der Waals surface area (Å²) in [5.74, 6) is -6.26. The Morgan fingerprint density at radius 3 is 1.67 bits per heavy atom. The molecule has 0 unspecified atom stereocenters. The van der Waals surface area contributed by atoms with Gasteiger partial charge in [-0.15, -0.1) is 0 Å². The van der Waals surface area contributed by atoms with E-state index < -0.39 is 36.4 Å². The van der Waals surface area contributed by atoms with Crippen LogP contribution < -0.4 is 15.4 Å². The predicted octanol–water partition coefficient (Wildman–Crippen LogP) is 7.94. The number of fused-ring (bicyclic) bond motifs is 6. The number of piperazine rings is 1. The lowest BCUT2D eigenvalue weighted by Gasteiger charge is -2.35. The van der Waals surface area contributed by atoms with Gasteiger partial charge in [-0.05, 0) is 71.5 Å². The van der Waals surface area contributed by atoms with Crippen LogP contribution in [0.5, 0.6) is 5.75 Å². The van der Waals surface area contributed by atoms with Gasteiger partial charge in [-0.25, -0.2) is 19.4 Å². The van der Waals surface area contributed by atoms with Crippen LogP contribution in [0, 0.1) is 0 Å². The van der Waals surface area contributed by atoms with Crippen molar-refractivity contribution in [3.8, 4) is 5.75 Å². The van der Waals surface area contributed by atoms with E-state index in [1.165, 1.54) is 22.3 Å². The van der Waals surface area contributed by atoms with E-state index in [9.17, 15) is 39.5 Å². The molecule has 2 aliphatic heterocycles. The third kappa shape index (κ3) is 16.8. The first-order valence-electron chi connectivity index (χ1n) is 17.2. The number of hydrogen-bond donors (Lipinski definition) is 5. The Morgan fingerprint density at radius 1 is 0.683 bits per heavy atom. The molecule has 0 atom stereocenters. The number of benzene rings is 3. The van der Waals surface area contributed by atoms with E-state index in [4.69, 9.17) is 46.0 Å². The summed E-state index contributed by atoms with van der Waals surface area (Å²) in [6, 6.07) is 23.6. The second-order valence-electron chi connectivity index (χ2n) is 12.7. The number of carboxylic acid groups (broad SMARTS) is 3. The standard InChI is InChI=1S/C31H33ClN6O.3C2HF3O2/c1-39-28-9-7-23(8-10-28)20-37-11-13-38(14-12-37)21-25-15-24-6-5-22-3-2-4-26(16-22)35-31-33-19-29(32)30(36-31)34-27(17-24)18-25;3*3-2(4,5)1(6)7/h2-4,7-10,15-19H,5-6,11-14,20-21H2,1H3,(H2,33,34,35,36);3*(H,6,7). The lowest BCUT2D eigenvalue weighted by Crippen LogP contribution is -2.45. The zero-order chi connectivity index (χ0) is 44.8. The zero-order valence-corrected chi connectivity index (χ0v) is 31.9. The number of nitrogens with one attached hydrogen (secondary N) is 2. The molecular weight excluding hydrogens is 847 g/mol. The van der Waals surface area contributed by atoms with Crippen molar-refractivity contribution in [3.63, 3.8) is 0 Å². The quantitative estimate of drug-likeness (QED) is 0.122. The first kappa shape index (κ1) is 48.5. The Kier molecular flexibility index (Phi) is 17.3. The van der Waals surface area contributed by atoms with Crippen molar-refractivity contribution in [2.45, 2.75) is 44.5 Å². The minimum Gasteiger partial charge on any atom is -0.497 e. The van der Waals surface area contributed by atoms with Crippen LogP contribution in [-0.4, -0.2) is 105 Å². The molecule has 5 N–H and O–H groups in total. The SMILES string of the molecule is COc1ccc(CN2CCN(Cc3cc4cc(c3)Nc3nc(ncc3Cl)Nc3cccc(c3)CC4)CC2)cc1.O=C(O)C(F)(F)F.O=C(O)C(F)(F)F.O=C(O)C(F)(F)F. The number of aliphatic carboxylic acids is 3. The van der Waals surface area contributed by atoms with Gasteiger partial charge in [0, 0.05) is 50.6 Å². The highest BCUT2D eigenvalue weighted by atomic mass is 35.5. The van der Waals surface area contributed by atoms with E-state index in [0.717, 1.165) is 69.2 Å². The van der Waals surface area contributed by atoms with Gasteiger partial charge >= 0.3 is 36.4 Å². The first-order valence-corrected chi connectivity index (χ1v) is 17.6. The third-order valence-electron chi connectivity index (χ3n) is 8.11. The molecule has 0 radical (unpaired) electrons. The first-order chi connectivity index (χ1) is 27.9. The van der Waals surface area contributed by atoms with Crippen molar-refractivity contribution in [1.82, 2.24) is 19.8 Å². The van der Waals surface area contributed by atoms with Gasteiger partial charge in [-0.2, -0.15) is 44.5 Å². The molecule has 4 aromatic rings. The maximum absolute atomic E-state index is 10.6. The molecule has 326 valence electrons. The van der Waals surface area contributed by atoms with Gasteiger partial charge in [0.25, 0.3) is 0 Å². The molecule has 3 heterocycles. The number of carboxylic acids is 3. The number of ether oxygens (including phenoxy) is 1. The number of anilines is 4. The highest BCUT2D eigenvalue weighted by molar-refractivity contribution is 6.32. The highest BCUT2D eigenvalue weighted by Crippen LogP contribution is 2.28. The van der Waals surface area contributed by atoms with Gasteiger partial charge in [-0.1, -0.05) is 41.9 Å². The van der Waals surface area contributed by atoms with Crippen molar-refractivity contribution < 1.29 is 74.0 Å². The molecule has 0 amide bonds. The Hall–Kier alpha value is -5.87. The zero-order valence-electron chi connectivity index (χ0n) is 31.1. The molecule has 23 heteroatoms. The maximum Gasteiger partial charge on any atom is 0.490 e. The van der Waals surface area contributed by atoms with Gasteiger partial charge < -0.3 is 30.7 Å². The van der Waals surface area contributed by atoms with Crippen molar-refractivity contribution in [3.05, 3.63) is 100 Å². The number of alkyl halides is 9. The Bertz CT molecular complexity index is 2010. The number of hydrogen-bond acceptors (Lipinski definition) is 10. The van der Waals surface area contributed by atoms with Gasteiger partial charge in [0.15, 0.2) is 5.82 Å². The average Bonchev–Trinajstić information content (AvgIpc) is 3.16. The molecule has 0 aliphatic carbocycles. The monoisotopic (exact) mass is 882 g/mol. The van der Waals surface area contributed by atoms with Gasteiger partial charge in [0.1, 0.15) is 10.8 Å². The molecule has 13 nitrogen and oxygen atoms in total. The van der Waals surface area contributed by atoms with Crippen LogP contribution in [-0.2, 0) is 40.3 Å². The normalized spacial score (nSPS) is 14.2. The summed E-state index contributed by atoms with van der Waals surface area (Å²) in [4.78, 5) is 40.8. The summed E-state index contributed by atoms with van der Waals surface area (Å²) in [6.45, 7) is 6.09. The van der Waals surface area contributed by atoms with Crippen molar-refractivity contribution in [2.24, 2.45) is 0 Å². The summed E-state index contributed by atoms with van der Waals surface area (Å²) in [5, 5.41) is 28.6. The largest absolute Gasteiger partial charge is 0.497 e. The molecule has 0 spiro atoms. The minimum absolute atomic E-state index is 0.490. The van der Waals surface area contributed by atoms with E-state index >= 15 is 0 Å². The number of aryl methyl sites for hydroxylation is 2. The van der Waals surface area contributed by atoms with Gasteiger partial charge in [-0.3, -0.25) is 9.80 Å². The highest BCUT2D eigenvalue weighted by Gasteiger charge is 2.39. The fourth-order valence-corrected chi connectivity index (χ4v) is 5.44. The lowest BCUT2D eigenvalue weighted by molar-refractivity contribution is -0.193. The van der Waals surface area contributed by atoms with Gasteiger partial charge in [0.2, 0.25) is 5.95 Å². The van der Waals surface area contributed by atoms with Crippen LogP contribution in [0.2, 0.25) is 5.02 Å². The van der Waals surface area contributed by atoms with Crippen molar-refractivity contribution >= 4 is 52.6 Å². The maximum atomic E-state index is 10.6. The molecule has 6 rings (SSSR count). The van der Waals surface area contributed by atoms with E-state index in [-0.39, 0.29) is 0 Å². The lowest BCUT2D eigenvalue weighted by atomic mass is 10.0. The molecule has 0 saturated carbocycles. The molecule has 3 aromatic carbocycles. The number of nitrogens with zero attached hydrogens (tertiary/aromatic N) is 4. The van der Waals surface area contributed by atoms with E-state index in [1.807, 2.05) is 18.2 Å². The fraction of sp³-hybridized carbons (Fsp3) is 0.324. The molecule has 1 aromatic heterocycles. The number of rotatable bonds is 5. The smallest absolute Gasteiger partial charge is 0.490 e. The van der Waals surface area contributed by atoms with Crippen LogP contribution in [0.4, 0.5) is 62.7 Å². The van der Waals surface area contributed by atoms with Crippen molar-refractivity contribution in [2.75, 3.05) is 43.9 Å². The fourth-order valence-electron chi connectivity index (χ4n) is 5.30. The second-order valence-corrected chi connectivity index (χ2v) is 13.1. The molecule has 1 fully saturated rings. The molecule has 6 bridgehead atoms. The topological polar surface area (TPSA) is 177 Å². The van der Waals surface area contributed by atoms with Crippen LogP contribution in [0.1, 0.15) is 22.3 Å². The molecule has 2 aliphatic rings. The van der Waals surface area contributed by atoms with E-state index in [2.05, 4.69) is 78.9 Å². The van der Waals surface area contributed by atoms with Crippen LogP contribution >= 0.6 is 11.6 Å². The molecule has 1 saturated heterocycles. The number of carbonyl (C=O) groups is 3. The van der Waals surface area contributed by atoms with Crippen LogP contribution in [0.15, 0.2) is 72.9 Å². The number of aromatic nitrogens is 2. The van der Waals surface area contributed by atoms with Crippen LogP contribution in [0.3, 0.4) is 0 Å². The summed E-state index contributed by atoms with van der Waals surface area (Å²) in [5.41, 5.74) is 7.17. The van der Waals surface area contributed by atoms with Gasteiger partial charge in [0.05, 0.1) is 13.3 Å². The van der Waals surface area contributed by atoms with Crippen molar-refractivity contribution in [1.29, 1.82) is 0 Å². The van der Waals surface area contributed by atoms with E-state index in [1.54, 1.807) is 13.3 Å². The summed E-state index contributed by atoms with van der Waals surface area (Å²) < 4.78 is 100. The Balaban J connectivity index is 0.000000377. The molecular formula is C37H36ClF9N6O7. The number of methoxy groups -OCH3 is 1. The predicted molar refractivity (Wildman–Crippen MR) is 199 cm³/mol. The van der Waals surface area contributed by atoms with Crippen LogP contribution in [0.25, 0.3) is 0 Å². The summed E-state index contributed by atoms with van der Waals surface area (Å²) >= 11 is 6.48. The molecule has 60 heavy (non-hydrogen) atoms. The Labute approximate surface area is 340 Å². The summed E-state index contributed by atoms with van der Waals surface area (Å²) in [7, 11) is 1.71. The van der Waals surface area contributed by atoms with E-state index in [0.29, 0.717) is 16.8 Å². The average molecular weight is 883 g/mol. The summed E-state index contributed by atoms with van der Waals surface area (Å²) in [6.07, 6.45) is -11.7. The number of halogens is 10. The minimum atomic E-state index is -5.08.